The summed E-state index contributed by atoms with van der Waals surface area (Å²) in [5.74, 6) is 0.808. The maximum absolute atomic E-state index is 9.45. The van der Waals surface area contributed by atoms with Crippen molar-refractivity contribution in [2.24, 2.45) is 0 Å². The van der Waals surface area contributed by atoms with Gasteiger partial charge in [0.2, 0.25) is 0 Å². The van der Waals surface area contributed by atoms with E-state index in [1.165, 1.54) is 11.1 Å². The zero-order chi connectivity index (χ0) is 10.7. The van der Waals surface area contributed by atoms with Gasteiger partial charge in [0, 0.05) is 12.3 Å². The lowest BCUT2D eigenvalue weighted by atomic mass is 9.91. The highest BCUT2D eigenvalue weighted by atomic mass is 16.3. The van der Waals surface area contributed by atoms with E-state index in [2.05, 4.69) is 37.3 Å². The average molecular weight is 200 g/mol. The van der Waals surface area contributed by atoms with Crippen molar-refractivity contribution in [1.82, 2.24) is 0 Å². The lowest BCUT2D eigenvalue weighted by Gasteiger charge is -2.15. The van der Waals surface area contributed by atoms with E-state index in [-0.39, 0.29) is 0 Å². The van der Waals surface area contributed by atoms with Gasteiger partial charge in [-0.3, -0.25) is 0 Å². The van der Waals surface area contributed by atoms with Crippen molar-refractivity contribution >= 4 is 0 Å². The van der Waals surface area contributed by atoms with Gasteiger partial charge in [0.1, 0.15) is 0 Å². The summed E-state index contributed by atoms with van der Waals surface area (Å²) in [6.45, 7) is 2.16. The van der Waals surface area contributed by atoms with Gasteiger partial charge < -0.3 is 5.11 Å². The number of benzene rings is 1. The van der Waals surface area contributed by atoms with Crippen molar-refractivity contribution in [3.05, 3.63) is 59.4 Å². The van der Waals surface area contributed by atoms with Gasteiger partial charge in [-0.25, -0.2) is 0 Å². The fourth-order valence-electron chi connectivity index (χ4n) is 1.89. The summed E-state index contributed by atoms with van der Waals surface area (Å²) >= 11 is 0. The molecule has 1 nitrogen and oxygen atoms in total. The van der Waals surface area contributed by atoms with E-state index in [1.54, 1.807) is 6.08 Å². The van der Waals surface area contributed by atoms with Gasteiger partial charge >= 0.3 is 0 Å². The van der Waals surface area contributed by atoms with Crippen molar-refractivity contribution in [3.63, 3.8) is 0 Å². The zero-order valence-corrected chi connectivity index (χ0v) is 8.98. The maximum Gasteiger partial charge on any atom is 0.0931 e. The van der Waals surface area contributed by atoms with Crippen LogP contribution < -0.4 is 0 Å². The molecule has 0 aromatic heterocycles. The summed E-state index contributed by atoms with van der Waals surface area (Å²) < 4.78 is 0. The molecule has 1 heteroatoms. The van der Waals surface area contributed by atoms with E-state index >= 15 is 0 Å². The van der Waals surface area contributed by atoms with Crippen molar-refractivity contribution < 1.29 is 5.11 Å². The van der Waals surface area contributed by atoms with Gasteiger partial charge in [-0.05, 0) is 23.6 Å². The largest absolute Gasteiger partial charge is 0.512 e. The first-order valence-electron chi connectivity index (χ1n) is 5.44. The number of hydrogen-bond acceptors (Lipinski definition) is 1. The van der Waals surface area contributed by atoms with Crippen molar-refractivity contribution in [3.8, 4) is 0 Å². The summed E-state index contributed by atoms with van der Waals surface area (Å²) in [5.41, 5.74) is 2.64. The van der Waals surface area contributed by atoms with Crippen LogP contribution in [0.3, 0.4) is 0 Å². The fraction of sp³-hybridized carbons (Fsp3) is 0.286. The molecule has 15 heavy (non-hydrogen) atoms. The Bertz CT molecular complexity index is 384. The smallest absolute Gasteiger partial charge is 0.0931 e. The third-order valence-corrected chi connectivity index (χ3v) is 2.88. The lowest BCUT2D eigenvalue weighted by molar-refractivity contribution is 0.380. The van der Waals surface area contributed by atoms with Crippen LogP contribution in [0.5, 0.6) is 0 Å². The highest BCUT2D eigenvalue weighted by Crippen LogP contribution is 2.27. The van der Waals surface area contributed by atoms with Crippen molar-refractivity contribution in [1.29, 1.82) is 0 Å². The van der Waals surface area contributed by atoms with E-state index < -0.39 is 0 Å². The minimum atomic E-state index is 0.334. The molecular weight excluding hydrogens is 184 g/mol. The SMILES string of the molecule is CCc1ccc(C2C=CC=C(O)C2)cc1. The molecule has 0 spiro atoms. The summed E-state index contributed by atoms with van der Waals surface area (Å²) in [7, 11) is 0. The van der Waals surface area contributed by atoms with E-state index in [0.717, 1.165) is 12.8 Å². The van der Waals surface area contributed by atoms with E-state index in [1.807, 2.05) is 6.08 Å². The second kappa shape index (κ2) is 4.35. The van der Waals surface area contributed by atoms with E-state index in [9.17, 15) is 5.11 Å². The number of allylic oxidation sites excluding steroid dienone is 4. The highest BCUT2D eigenvalue weighted by Gasteiger charge is 2.12. The molecule has 1 aliphatic rings. The van der Waals surface area contributed by atoms with Crippen LogP contribution in [0.2, 0.25) is 0 Å². The van der Waals surface area contributed by atoms with Crippen LogP contribution in [0.4, 0.5) is 0 Å². The Balaban J connectivity index is 2.17. The molecule has 2 rings (SSSR count). The average Bonchev–Trinajstić information content (AvgIpc) is 2.29. The monoisotopic (exact) mass is 200 g/mol. The standard InChI is InChI=1S/C14H16O/c1-2-11-6-8-12(9-7-11)13-4-3-5-14(15)10-13/h3-9,13,15H,2,10H2,1H3. The van der Waals surface area contributed by atoms with Gasteiger partial charge in [0.25, 0.3) is 0 Å². The molecule has 0 aliphatic heterocycles. The second-order valence-corrected chi connectivity index (χ2v) is 3.95. The molecule has 0 saturated heterocycles. The van der Waals surface area contributed by atoms with Crippen LogP contribution in [-0.2, 0) is 6.42 Å². The van der Waals surface area contributed by atoms with Gasteiger partial charge in [-0.2, -0.15) is 0 Å². The second-order valence-electron chi connectivity index (χ2n) is 3.95. The van der Waals surface area contributed by atoms with Crippen LogP contribution in [0.25, 0.3) is 0 Å². The molecule has 0 amide bonds. The molecule has 1 aliphatic carbocycles. The first kappa shape index (κ1) is 10.0. The zero-order valence-electron chi connectivity index (χ0n) is 8.98. The van der Waals surface area contributed by atoms with Gasteiger partial charge in [0.05, 0.1) is 5.76 Å². The molecule has 0 fully saturated rings. The summed E-state index contributed by atoms with van der Waals surface area (Å²) in [4.78, 5) is 0. The number of aliphatic hydroxyl groups is 1. The van der Waals surface area contributed by atoms with Crippen LogP contribution >= 0.6 is 0 Å². The molecule has 0 bridgehead atoms. The molecule has 1 aromatic carbocycles. The number of aryl methyl sites for hydroxylation is 1. The van der Waals surface area contributed by atoms with Crippen molar-refractivity contribution in [2.75, 3.05) is 0 Å². The third-order valence-electron chi connectivity index (χ3n) is 2.88. The Labute approximate surface area is 90.8 Å². The molecule has 0 saturated carbocycles. The predicted molar refractivity (Wildman–Crippen MR) is 63.0 cm³/mol. The predicted octanol–water partition coefficient (Wildman–Crippen LogP) is 3.73. The molecule has 1 aromatic rings. The first-order valence-corrected chi connectivity index (χ1v) is 5.44. The molecule has 0 radical (unpaired) electrons. The fourth-order valence-corrected chi connectivity index (χ4v) is 1.89. The minimum Gasteiger partial charge on any atom is -0.512 e. The van der Waals surface area contributed by atoms with Crippen LogP contribution in [0, 0.1) is 0 Å². The summed E-state index contributed by atoms with van der Waals surface area (Å²) in [5, 5.41) is 9.45. The number of rotatable bonds is 2. The van der Waals surface area contributed by atoms with Gasteiger partial charge in [0.15, 0.2) is 0 Å². The first-order chi connectivity index (χ1) is 7.29. The van der Waals surface area contributed by atoms with Crippen molar-refractivity contribution in [2.45, 2.75) is 25.7 Å². The van der Waals surface area contributed by atoms with Gasteiger partial charge in [-0.15, -0.1) is 0 Å². The topological polar surface area (TPSA) is 20.2 Å². The normalized spacial score (nSPS) is 20.1. The minimum absolute atomic E-state index is 0.334. The summed E-state index contributed by atoms with van der Waals surface area (Å²) in [6.07, 6.45) is 7.63. The van der Waals surface area contributed by atoms with Crippen LogP contribution in [0.15, 0.2) is 48.3 Å². The Morgan fingerprint density at radius 3 is 2.60 bits per heavy atom. The molecule has 1 N–H and O–H groups in total. The molecule has 1 unspecified atom stereocenters. The third kappa shape index (κ3) is 2.30. The van der Waals surface area contributed by atoms with E-state index in [0.29, 0.717) is 11.7 Å². The maximum atomic E-state index is 9.45. The Morgan fingerprint density at radius 1 is 1.27 bits per heavy atom. The highest BCUT2D eigenvalue weighted by molar-refractivity contribution is 5.32. The molecular formula is C14H16O. The lowest BCUT2D eigenvalue weighted by Crippen LogP contribution is -2.00. The van der Waals surface area contributed by atoms with Gasteiger partial charge in [-0.1, -0.05) is 43.3 Å². The number of hydrogen-bond donors (Lipinski definition) is 1. The number of aliphatic hydroxyl groups excluding tert-OH is 1. The van der Waals surface area contributed by atoms with E-state index in [4.69, 9.17) is 0 Å². The quantitative estimate of drug-likeness (QED) is 0.771. The Hall–Kier alpha value is -1.50. The Kier molecular flexibility index (Phi) is 2.91. The van der Waals surface area contributed by atoms with Crippen LogP contribution in [-0.4, -0.2) is 5.11 Å². The molecule has 0 heterocycles. The summed E-state index contributed by atoms with van der Waals surface area (Å²) in [6, 6.07) is 8.65. The Morgan fingerprint density at radius 2 is 2.00 bits per heavy atom. The molecule has 1 atom stereocenters. The van der Waals surface area contributed by atoms with Crippen LogP contribution in [0.1, 0.15) is 30.4 Å². The molecule has 78 valence electrons.